The number of halogens is 1. The molecule has 0 unspecified atom stereocenters. The van der Waals surface area contributed by atoms with Gasteiger partial charge in [-0.25, -0.2) is 0 Å². The van der Waals surface area contributed by atoms with Gasteiger partial charge >= 0.3 is 0 Å². The predicted octanol–water partition coefficient (Wildman–Crippen LogP) is 4.84. The van der Waals surface area contributed by atoms with Crippen LogP contribution in [0.15, 0.2) is 77.4 Å². The Morgan fingerprint density at radius 1 is 0.923 bits per heavy atom. The number of carbonyl (C=O) groups is 2. The maximum absolute atomic E-state index is 12.2. The van der Waals surface area contributed by atoms with Crippen LogP contribution in [0.1, 0.15) is 16.1 Å². The third kappa shape index (κ3) is 4.84. The second kappa shape index (κ2) is 8.18. The third-order valence-electron chi connectivity index (χ3n) is 3.44. The van der Waals surface area contributed by atoms with Crippen LogP contribution in [0.3, 0.4) is 0 Å². The monoisotopic (exact) mass is 366 g/mol. The molecule has 3 aromatic rings. The maximum Gasteiger partial charge on any atom is 0.255 e. The smallest absolute Gasteiger partial charge is 0.255 e. The van der Waals surface area contributed by atoms with Crippen molar-refractivity contribution in [1.82, 2.24) is 0 Å². The van der Waals surface area contributed by atoms with Crippen molar-refractivity contribution in [3.05, 3.63) is 89.3 Å². The molecule has 1 heterocycles. The lowest BCUT2D eigenvalue weighted by molar-refractivity contribution is -0.111. The second-order valence-electron chi connectivity index (χ2n) is 5.38. The molecule has 0 fully saturated rings. The Morgan fingerprint density at radius 2 is 1.65 bits per heavy atom. The van der Waals surface area contributed by atoms with Gasteiger partial charge in [0.05, 0.1) is 6.26 Å². The fourth-order valence-corrected chi connectivity index (χ4v) is 2.39. The van der Waals surface area contributed by atoms with E-state index in [1.807, 2.05) is 0 Å². The van der Waals surface area contributed by atoms with E-state index in [1.54, 1.807) is 66.7 Å². The molecule has 6 heteroatoms. The van der Waals surface area contributed by atoms with E-state index in [0.717, 1.165) is 0 Å². The van der Waals surface area contributed by atoms with Gasteiger partial charge in [-0.15, -0.1) is 0 Å². The van der Waals surface area contributed by atoms with E-state index in [0.29, 0.717) is 27.7 Å². The Hall–Kier alpha value is -3.31. The quantitative estimate of drug-likeness (QED) is 0.635. The first kappa shape index (κ1) is 17.5. The van der Waals surface area contributed by atoms with Crippen molar-refractivity contribution in [2.45, 2.75) is 0 Å². The summed E-state index contributed by atoms with van der Waals surface area (Å²) in [6.07, 6.45) is 4.50. The molecule has 2 amide bonds. The van der Waals surface area contributed by atoms with Crippen LogP contribution in [-0.4, -0.2) is 11.8 Å². The molecule has 0 bridgehead atoms. The normalized spacial score (nSPS) is 10.7. The van der Waals surface area contributed by atoms with Gasteiger partial charge in [0.2, 0.25) is 5.91 Å². The summed E-state index contributed by atoms with van der Waals surface area (Å²) in [5, 5.41) is 6.00. The largest absolute Gasteiger partial charge is 0.465 e. The molecule has 5 nitrogen and oxygen atoms in total. The van der Waals surface area contributed by atoms with Crippen molar-refractivity contribution in [3.63, 3.8) is 0 Å². The van der Waals surface area contributed by atoms with E-state index < -0.39 is 0 Å². The van der Waals surface area contributed by atoms with Gasteiger partial charge in [-0.3, -0.25) is 9.59 Å². The second-order valence-corrected chi connectivity index (χ2v) is 5.82. The molecule has 0 radical (unpaired) electrons. The van der Waals surface area contributed by atoms with Crippen LogP contribution >= 0.6 is 11.6 Å². The van der Waals surface area contributed by atoms with Crippen LogP contribution in [0.2, 0.25) is 5.02 Å². The highest BCUT2D eigenvalue weighted by molar-refractivity contribution is 6.31. The fraction of sp³-hybridized carbons (Fsp3) is 0. The van der Waals surface area contributed by atoms with Crippen molar-refractivity contribution < 1.29 is 14.0 Å². The first-order valence-corrected chi connectivity index (χ1v) is 8.17. The van der Waals surface area contributed by atoms with E-state index in [1.165, 1.54) is 12.3 Å². The van der Waals surface area contributed by atoms with Crippen LogP contribution in [0, 0.1) is 0 Å². The number of anilines is 2. The Kier molecular flexibility index (Phi) is 5.51. The first-order valence-electron chi connectivity index (χ1n) is 7.80. The van der Waals surface area contributed by atoms with Gasteiger partial charge in [-0.2, -0.15) is 0 Å². The summed E-state index contributed by atoms with van der Waals surface area (Å²) >= 11 is 5.89. The van der Waals surface area contributed by atoms with E-state index in [4.69, 9.17) is 16.0 Å². The Morgan fingerprint density at radius 3 is 2.31 bits per heavy atom. The van der Waals surface area contributed by atoms with Crippen LogP contribution in [0.5, 0.6) is 0 Å². The minimum Gasteiger partial charge on any atom is -0.465 e. The molecule has 0 saturated carbocycles. The van der Waals surface area contributed by atoms with Gasteiger partial charge in [0.15, 0.2) is 0 Å². The molecule has 2 aromatic carbocycles. The molecule has 0 atom stereocenters. The summed E-state index contributed by atoms with van der Waals surface area (Å²) < 4.78 is 5.12. The molecule has 0 saturated heterocycles. The number of benzene rings is 2. The molecule has 0 aliphatic rings. The lowest BCUT2D eigenvalue weighted by Gasteiger charge is -2.07. The zero-order valence-corrected chi connectivity index (χ0v) is 14.4. The van der Waals surface area contributed by atoms with Gasteiger partial charge in [-0.05, 0) is 60.7 Å². The molecule has 0 spiro atoms. The van der Waals surface area contributed by atoms with Crippen molar-refractivity contribution in [3.8, 4) is 0 Å². The Balaban J connectivity index is 1.58. The van der Waals surface area contributed by atoms with Crippen molar-refractivity contribution in [1.29, 1.82) is 0 Å². The molecule has 130 valence electrons. The van der Waals surface area contributed by atoms with Gasteiger partial charge in [0, 0.05) is 28.0 Å². The highest BCUT2D eigenvalue weighted by atomic mass is 35.5. The van der Waals surface area contributed by atoms with Crippen molar-refractivity contribution in [2.24, 2.45) is 0 Å². The molecule has 2 N–H and O–H groups in total. The minimum absolute atomic E-state index is 0.259. The summed E-state index contributed by atoms with van der Waals surface area (Å²) in [5.74, 6) is 0.0574. The Bertz CT molecular complexity index is 932. The number of amides is 2. The number of hydrogen-bond donors (Lipinski definition) is 2. The summed E-state index contributed by atoms with van der Waals surface area (Å²) in [5.41, 5.74) is 1.69. The fourth-order valence-electron chi connectivity index (χ4n) is 2.20. The van der Waals surface area contributed by atoms with Crippen LogP contribution in [0.25, 0.3) is 6.08 Å². The molecule has 0 aliphatic heterocycles. The average molecular weight is 367 g/mol. The van der Waals surface area contributed by atoms with Gasteiger partial charge in [-0.1, -0.05) is 17.7 Å². The van der Waals surface area contributed by atoms with Gasteiger partial charge in [0.25, 0.3) is 5.91 Å². The van der Waals surface area contributed by atoms with Crippen LogP contribution in [0.4, 0.5) is 11.4 Å². The van der Waals surface area contributed by atoms with Gasteiger partial charge in [0.1, 0.15) is 5.76 Å². The summed E-state index contributed by atoms with van der Waals surface area (Å²) in [4.78, 5) is 24.0. The highest BCUT2D eigenvalue weighted by Gasteiger charge is 2.06. The number of nitrogens with one attached hydrogen (secondary N) is 2. The summed E-state index contributed by atoms with van der Waals surface area (Å²) in [6, 6.07) is 17.0. The molecular formula is C20H15ClN2O3. The number of carbonyl (C=O) groups excluding carboxylic acids is 2. The standard InChI is InChI=1S/C20H15ClN2O3/c21-15-4-1-3-14(13-15)20(25)23-17-8-6-16(7-9-17)22-19(24)11-10-18-5-2-12-26-18/h1-13H,(H,22,24)(H,23,25). The SMILES string of the molecule is O=C(C=Cc1ccco1)Nc1ccc(NC(=O)c2cccc(Cl)c2)cc1. The lowest BCUT2D eigenvalue weighted by Crippen LogP contribution is -2.12. The molecule has 1 aromatic heterocycles. The zero-order chi connectivity index (χ0) is 18.4. The number of furan rings is 1. The highest BCUT2D eigenvalue weighted by Crippen LogP contribution is 2.16. The maximum atomic E-state index is 12.2. The average Bonchev–Trinajstić information content (AvgIpc) is 3.15. The van der Waals surface area contributed by atoms with E-state index >= 15 is 0 Å². The Labute approximate surface area is 155 Å². The minimum atomic E-state index is -0.280. The third-order valence-corrected chi connectivity index (χ3v) is 3.67. The van der Waals surface area contributed by atoms with Crippen molar-refractivity contribution >= 4 is 40.9 Å². The zero-order valence-electron chi connectivity index (χ0n) is 13.6. The van der Waals surface area contributed by atoms with Crippen LogP contribution < -0.4 is 10.6 Å². The van der Waals surface area contributed by atoms with Crippen LogP contribution in [-0.2, 0) is 4.79 Å². The summed E-state index contributed by atoms with van der Waals surface area (Å²) in [7, 11) is 0. The van der Waals surface area contributed by atoms with Gasteiger partial charge < -0.3 is 15.1 Å². The molecule has 0 aliphatic carbocycles. The molecule has 3 rings (SSSR count). The van der Waals surface area contributed by atoms with E-state index in [2.05, 4.69) is 10.6 Å². The van der Waals surface area contributed by atoms with E-state index in [9.17, 15) is 9.59 Å². The lowest BCUT2D eigenvalue weighted by atomic mass is 10.2. The van der Waals surface area contributed by atoms with Crippen molar-refractivity contribution in [2.75, 3.05) is 10.6 Å². The predicted molar refractivity (Wildman–Crippen MR) is 102 cm³/mol. The molecular weight excluding hydrogens is 352 g/mol. The number of hydrogen-bond acceptors (Lipinski definition) is 3. The topological polar surface area (TPSA) is 71.3 Å². The molecule has 26 heavy (non-hydrogen) atoms. The van der Waals surface area contributed by atoms with E-state index in [-0.39, 0.29) is 11.8 Å². The first-order chi connectivity index (χ1) is 12.6. The number of rotatable bonds is 5. The summed E-state index contributed by atoms with van der Waals surface area (Å²) in [6.45, 7) is 0.